The molecule has 4 amide bonds. The van der Waals surface area contributed by atoms with Gasteiger partial charge in [-0.2, -0.15) is 0 Å². The molecule has 3 fully saturated rings. The molecule has 4 aliphatic heterocycles. The van der Waals surface area contributed by atoms with Crippen LogP contribution in [0.5, 0.6) is 0 Å². The van der Waals surface area contributed by atoms with E-state index in [9.17, 15) is 23.4 Å². The van der Waals surface area contributed by atoms with E-state index in [0.717, 1.165) is 43.6 Å². The summed E-state index contributed by atoms with van der Waals surface area (Å²) in [6.07, 6.45) is 3.03. The normalized spacial score (nSPS) is 19.7. The van der Waals surface area contributed by atoms with Gasteiger partial charge in [-0.25, -0.2) is 32.2 Å². The summed E-state index contributed by atoms with van der Waals surface area (Å²) >= 11 is 0. The number of nitrogens with one attached hydrogen (secondary N) is 2. The van der Waals surface area contributed by atoms with E-state index in [0.29, 0.717) is 65.3 Å². The highest BCUT2D eigenvalue weighted by Crippen LogP contribution is 2.36. The lowest BCUT2D eigenvalue weighted by atomic mass is 9.94. The fourth-order valence-electron chi connectivity index (χ4n) is 9.18. The van der Waals surface area contributed by atoms with Crippen LogP contribution in [0.15, 0.2) is 65.7 Å². The number of hydrogen-bond donors (Lipinski definition) is 2. The average Bonchev–Trinajstić information content (AvgIpc) is 3.74. The second-order valence-corrected chi connectivity index (χ2v) is 18.0. The van der Waals surface area contributed by atoms with Crippen LogP contribution in [-0.4, -0.2) is 113 Å². The maximum atomic E-state index is 15.2. The summed E-state index contributed by atoms with van der Waals surface area (Å²) in [4.78, 5) is 70.3. The molecule has 0 aliphatic carbocycles. The molecular formula is C44H46F2N10O5S. The van der Waals surface area contributed by atoms with Crippen LogP contribution >= 0.6 is 0 Å². The molecule has 3 aromatic carbocycles. The Morgan fingerprint density at radius 1 is 0.887 bits per heavy atom. The molecule has 3 saturated heterocycles. The van der Waals surface area contributed by atoms with Crippen molar-refractivity contribution in [2.24, 2.45) is 5.92 Å². The first-order valence-electron chi connectivity index (χ1n) is 20.9. The van der Waals surface area contributed by atoms with Crippen LogP contribution in [0.3, 0.4) is 0 Å². The number of imidazole rings is 1. The number of rotatable bonds is 10. The molecule has 6 heterocycles. The number of benzene rings is 3. The highest BCUT2D eigenvalue weighted by molar-refractivity contribution is 7.82. The minimum Gasteiger partial charge on any atom is -0.371 e. The molecule has 322 valence electrons. The molecule has 2 N–H and O–H groups in total. The molecule has 0 bridgehead atoms. The first kappa shape index (κ1) is 41.4. The molecule has 0 spiro atoms. The fraction of sp³-hybridized carbons (Fsp3) is 0.386. The number of imide groups is 2. The van der Waals surface area contributed by atoms with Gasteiger partial charge in [0.25, 0.3) is 11.8 Å². The van der Waals surface area contributed by atoms with E-state index in [1.807, 2.05) is 28.8 Å². The van der Waals surface area contributed by atoms with E-state index in [-0.39, 0.29) is 47.2 Å². The van der Waals surface area contributed by atoms with Gasteiger partial charge >= 0.3 is 0 Å². The number of piperidine rings is 2. The minimum absolute atomic E-state index is 0.0192. The quantitative estimate of drug-likeness (QED) is 0.174. The second-order valence-electron chi connectivity index (χ2n) is 16.5. The molecule has 9 rings (SSSR count). The maximum Gasteiger partial charge on any atom is 0.264 e. The number of amides is 4. The van der Waals surface area contributed by atoms with Crippen molar-refractivity contribution in [3.05, 3.63) is 89.4 Å². The topological polar surface area (TPSA) is 166 Å². The second kappa shape index (κ2) is 16.7. The van der Waals surface area contributed by atoms with Crippen molar-refractivity contribution in [1.82, 2.24) is 38.9 Å². The summed E-state index contributed by atoms with van der Waals surface area (Å²) < 4.78 is 47.7. The number of carbonyl (C=O) groups excluding carboxylic acids is 4. The molecule has 0 saturated carbocycles. The lowest BCUT2D eigenvalue weighted by Crippen LogP contribution is -2.54. The van der Waals surface area contributed by atoms with Crippen LogP contribution in [0.4, 0.5) is 26.1 Å². The lowest BCUT2D eigenvalue weighted by molar-refractivity contribution is -0.136. The van der Waals surface area contributed by atoms with Gasteiger partial charge in [0.05, 0.1) is 33.4 Å². The molecule has 5 aromatic rings. The summed E-state index contributed by atoms with van der Waals surface area (Å²) in [5, 5.41) is 5.33. The van der Waals surface area contributed by atoms with E-state index in [1.54, 1.807) is 49.4 Å². The molecule has 2 unspecified atom stereocenters. The van der Waals surface area contributed by atoms with Gasteiger partial charge in [-0.3, -0.25) is 29.4 Å². The standard InChI is InChI=1S/C44H46F2N10O5S/c1-25(2)55-26(3)48-40-32(45)21-28(22-36(40)55)39-33(46)23-47-44(51-39)49-29-7-9-30(10-8-29)62(61)54-19-17-52(18-20-54)24-27-13-15-53(16-14-27)34-6-4-5-31-38(34)43(60)56(42(31)59)35-11-12-37(57)50-41(35)58/h4-10,21-23,25,27,35H,11-20,24H2,1-3H3,(H,47,49,51)(H,50,57,58). The van der Waals surface area contributed by atoms with Gasteiger partial charge in [0.15, 0.2) is 11.6 Å². The monoisotopic (exact) mass is 864 g/mol. The van der Waals surface area contributed by atoms with Gasteiger partial charge in [-0.1, -0.05) is 6.07 Å². The zero-order valence-electron chi connectivity index (χ0n) is 34.6. The summed E-state index contributed by atoms with van der Waals surface area (Å²) in [6.45, 7) is 10.9. The predicted molar refractivity (Wildman–Crippen MR) is 228 cm³/mol. The molecule has 0 radical (unpaired) electrons. The Kier molecular flexibility index (Phi) is 11.2. The fourth-order valence-corrected chi connectivity index (χ4v) is 10.3. The third-order valence-electron chi connectivity index (χ3n) is 12.3. The summed E-state index contributed by atoms with van der Waals surface area (Å²) in [5.74, 6) is -2.07. The van der Waals surface area contributed by atoms with Crippen LogP contribution in [0.2, 0.25) is 0 Å². The molecule has 4 aliphatic rings. The SMILES string of the molecule is Cc1nc2c(F)cc(-c3nc(Nc4ccc(S(=O)N5CCN(CC6CCN(c7cccc8c7C(=O)N(C7CCC(=O)NC7=O)C8=O)CC6)CC5)cc4)ncc3F)cc2n1C(C)C. The number of anilines is 3. The third-order valence-corrected chi connectivity index (χ3v) is 13.8. The molecule has 2 aromatic heterocycles. The van der Waals surface area contributed by atoms with Crippen LogP contribution in [0.25, 0.3) is 22.3 Å². The number of fused-ring (bicyclic) bond motifs is 2. The van der Waals surface area contributed by atoms with E-state index < -0.39 is 52.3 Å². The van der Waals surface area contributed by atoms with Crippen LogP contribution in [0, 0.1) is 24.5 Å². The molecule has 18 heteroatoms. The number of halogens is 2. The third kappa shape index (κ3) is 7.75. The van der Waals surface area contributed by atoms with Crippen molar-refractivity contribution in [3.63, 3.8) is 0 Å². The number of piperazine rings is 1. The Morgan fingerprint density at radius 2 is 1.63 bits per heavy atom. The summed E-state index contributed by atoms with van der Waals surface area (Å²) in [6, 6.07) is 14.3. The van der Waals surface area contributed by atoms with Crippen molar-refractivity contribution in [1.29, 1.82) is 0 Å². The number of nitrogens with zero attached hydrogens (tertiary/aromatic N) is 8. The summed E-state index contributed by atoms with van der Waals surface area (Å²) in [7, 11) is -1.38. The van der Waals surface area contributed by atoms with E-state index >= 15 is 8.78 Å². The van der Waals surface area contributed by atoms with Crippen LogP contribution < -0.4 is 15.5 Å². The van der Waals surface area contributed by atoms with Crippen LogP contribution in [-0.2, 0) is 20.6 Å². The Balaban J connectivity index is 0.772. The Bertz CT molecular complexity index is 2640. The average molecular weight is 865 g/mol. The van der Waals surface area contributed by atoms with Gasteiger partial charge in [-0.05, 0) is 94.5 Å². The molecular weight excluding hydrogens is 819 g/mol. The van der Waals surface area contributed by atoms with Crippen molar-refractivity contribution < 1.29 is 32.2 Å². The maximum absolute atomic E-state index is 15.2. The smallest absolute Gasteiger partial charge is 0.264 e. The predicted octanol–water partition coefficient (Wildman–Crippen LogP) is 5.36. The van der Waals surface area contributed by atoms with Gasteiger partial charge < -0.3 is 19.7 Å². The number of hydrogen-bond acceptors (Lipinski definition) is 11. The van der Waals surface area contributed by atoms with Crippen LogP contribution in [0.1, 0.15) is 72.1 Å². The molecule has 62 heavy (non-hydrogen) atoms. The van der Waals surface area contributed by atoms with Gasteiger partial charge in [0, 0.05) is 69.5 Å². The van der Waals surface area contributed by atoms with Crippen molar-refractivity contribution in [2.45, 2.75) is 63.4 Å². The highest BCUT2D eigenvalue weighted by Gasteiger charge is 2.46. The Labute approximate surface area is 359 Å². The van der Waals surface area contributed by atoms with Gasteiger partial charge in [0.2, 0.25) is 17.8 Å². The first-order valence-corrected chi connectivity index (χ1v) is 22.0. The largest absolute Gasteiger partial charge is 0.371 e. The Hall–Kier alpha value is -5.98. The zero-order valence-corrected chi connectivity index (χ0v) is 35.4. The number of aromatic nitrogens is 4. The van der Waals surface area contributed by atoms with Gasteiger partial charge in [-0.15, -0.1) is 0 Å². The van der Waals surface area contributed by atoms with Crippen molar-refractivity contribution in [2.75, 3.05) is 56.0 Å². The van der Waals surface area contributed by atoms with E-state index in [2.05, 4.69) is 35.4 Å². The van der Waals surface area contributed by atoms with E-state index in [1.165, 1.54) is 6.07 Å². The lowest BCUT2D eigenvalue weighted by Gasteiger charge is -2.39. The summed E-state index contributed by atoms with van der Waals surface area (Å²) in [5.41, 5.74) is 2.90. The first-order chi connectivity index (χ1) is 29.8. The van der Waals surface area contributed by atoms with Crippen molar-refractivity contribution >= 4 is 63.0 Å². The van der Waals surface area contributed by atoms with Gasteiger partial charge in [0.1, 0.15) is 34.1 Å². The number of aryl methyl sites for hydroxylation is 1. The minimum atomic E-state index is -1.38. The Morgan fingerprint density at radius 3 is 2.34 bits per heavy atom. The molecule has 2 atom stereocenters. The van der Waals surface area contributed by atoms with Crippen molar-refractivity contribution in [3.8, 4) is 11.3 Å². The molecule has 15 nitrogen and oxygen atoms in total. The van der Waals surface area contributed by atoms with E-state index in [4.69, 9.17) is 0 Å². The zero-order chi connectivity index (χ0) is 43.4. The highest BCUT2D eigenvalue weighted by atomic mass is 32.2. The number of carbonyl (C=O) groups is 4.